The van der Waals surface area contributed by atoms with E-state index in [1.165, 1.54) is 5.56 Å². The van der Waals surface area contributed by atoms with Gasteiger partial charge in [-0.1, -0.05) is 6.07 Å². The van der Waals surface area contributed by atoms with Crippen molar-refractivity contribution in [2.45, 2.75) is 32.4 Å². The van der Waals surface area contributed by atoms with E-state index in [0.717, 1.165) is 17.5 Å². The van der Waals surface area contributed by atoms with Crippen LogP contribution in [-0.2, 0) is 0 Å². The predicted octanol–water partition coefficient (Wildman–Crippen LogP) is 2.13. The zero-order chi connectivity index (χ0) is 12.4. The zero-order valence-corrected chi connectivity index (χ0v) is 10.5. The topological polar surface area (TPSA) is 64.1 Å². The summed E-state index contributed by atoms with van der Waals surface area (Å²) in [5.74, 6) is 0.699. The van der Waals surface area contributed by atoms with Crippen LogP contribution in [0.3, 0.4) is 0 Å². The Balaban J connectivity index is 2.33. The quantitative estimate of drug-likeness (QED) is 0.849. The summed E-state index contributed by atoms with van der Waals surface area (Å²) >= 11 is 0. The van der Waals surface area contributed by atoms with Crippen LogP contribution in [0.5, 0.6) is 0 Å². The molecule has 0 saturated heterocycles. The molecule has 0 aliphatic rings. The number of nitrogens with one attached hydrogen (secondary N) is 1. The molecule has 1 aromatic carbocycles. The Bertz CT molecular complexity index is 504. The maximum absolute atomic E-state index is 5.85. The number of nitrogens with zero attached hydrogens (tertiary/aromatic N) is 1. The first-order valence-electron chi connectivity index (χ1n) is 5.90. The average Bonchev–Trinajstić information content (AvgIpc) is 2.64. The van der Waals surface area contributed by atoms with Crippen molar-refractivity contribution < 1.29 is 4.42 Å². The van der Waals surface area contributed by atoms with Crippen LogP contribution in [0.15, 0.2) is 22.6 Å². The molecule has 0 amide bonds. The third kappa shape index (κ3) is 2.65. The maximum atomic E-state index is 5.85. The molecule has 2 unspecified atom stereocenters. The summed E-state index contributed by atoms with van der Waals surface area (Å²) in [6, 6.07) is 6.53. The molecule has 4 nitrogen and oxygen atoms in total. The van der Waals surface area contributed by atoms with Crippen LogP contribution in [0.2, 0.25) is 0 Å². The van der Waals surface area contributed by atoms with Crippen molar-refractivity contribution in [3.8, 4) is 0 Å². The molecule has 1 aromatic heterocycles. The lowest BCUT2D eigenvalue weighted by molar-refractivity contribution is 0.498. The first-order valence-corrected chi connectivity index (χ1v) is 5.90. The number of aryl methyl sites for hydroxylation is 1. The normalized spacial score (nSPS) is 15.1. The van der Waals surface area contributed by atoms with Gasteiger partial charge in [0.1, 0.15) is 5.52 Å². The maximum Gasteiger partial charge on any atom is 0.192 e. The van der Waals surface area contributed by atoms with E-state index in [0.29, 0.717) is 5.89 Å². The van der Waals surface area contributed by atoms with Crippen molar-refractivity contribution in [3.63, 3.8) is 0 Å². The summed E-state index contributed by atoms with van der Waals surface area (Å²) in [6.45, 7) is 3.87. The van der Waals surface area contributed by atoms with Crippen molar-refractivity contribution >= 4 is 11.1 Å². The Morgan fingerprint density at radius 1 is 1.47 bits per heavy atom. The number of nitrogens with two attached hydrogens (primary N) is 1. The minimum atomic E-state index is 0.166. The molecule has 0 saturated carbocycles. The van der Waals surface area contributed by atoms with E-state index < -0.39 is 0 Å². The number of oxazole rings is 1. The van der Waals surface area contributed by atoms with E-state index in [9.17, 15) is 0 Å². The fraction of sp³-hybridized carbons (Fsp3) is 0.462. The molecule has 2 aromatic rings. The molecule has 0 aliphatic heterocycles. The second kappa shape index (κ2) is 4.85. The lowest BCUT2D eigenvalue weighted by Crippen LogP contribution is -2.25. The zero-order valence-electron chi connectivity index (χ0n) is 10.5. The SMILES string of the molecule is CNC(CC(C)N)c1ccc2nc(C)oc2c1. The molecule has 0 fully saturated rings. The Morgan fingerprint density at radius 3 is 2.88 bits per heavy atom. The van der Waals surface area contributed by atoms with Crippen LogP contribution in [0.1, 0.15) is 30.8 Å². The van der Waals surface area contributed by atoms with Gasteiger partial charge in [-0.3, -0.25) is 0 Å². The highest BCUT2D eigenvalue weighted by molar-refractivity contribution is 5.73. The van der Waals surface area contributed by atoms with Crippen molar-refractivity contribution in [2.75, 3.05) is 7.05 Å². The summed E-state index contributed by atoms with van der Waals surface area (Å²) in [4.78, 5) is 4.29. The number of fused-ring (bicyclic) bond motifs is 1. The first-order chi connectivity index (χ1) is 8.10. The Hall–Kier alpha value is -1.39. The van der Waals surface area contributed by atoms with E-state index in [4.69, 9.17) is 10.2 Å². The van der Waals surface area contributed by atoms with Gasteiger partial charge in [-0.25, -0.2) is 4.98 Å². The number of rotatable bonds is 4. The van der Waals surface area contributed by atoms with Gasteiger partial charge < -0.3 is 15.5 Å². The predicted molar refractivity (Wildman–Crippen MR) is 68.8 cm³/mol. The van der Waals surface area contributed by atoms with Crippen LogP contribution in [0.4, 0.5) is 0 Å². The molecule has 1 heterocycles. The highest BCUT2D eigenvalue weighted by Crippen LogP contribution is 2.23. The fourth-order valence-electron chi connectivity index (χ4n) is 2.07. The molecule has 92 valence electrons. The Kier molecular flexibility index (Phi) is 3.45. The van der Waals surface area contributed by atoms with Gasteiger partial charge in [-0.05, 0) is 38.1 Å². The van der Waals surface area contributed by atoms with Crippen molar-refractivity contribution in [1.29, 1.82) is 0 Å². The van der Waals surface area contributed by atoms with E-state index in [1.54, 1.807) is 0 Å². The molecule has 2 rings (SSSR count). The summed E-state index contributed by atoms with van der Waals surface area (Å²) in [7, 11) is 1.95. The number of aromatic nitrogens is 1. The highest BCUT2D eigenvalue weighted by Gasteiger charge is 2.13. The largest absolute Gasteiger partial charge is 0.441 e. The van der Waals surface area contributed by atoms with Gasteiger partial charge >= 0.3 is 0 Å². The van der Waals surface area contributed by atoms with Gasteiger partial charge in [0, 0.05) is 19.0 Å². The minimum absolute atomic E-state index is 0.166. The number of hydrogen-bond donors (Lipinski definition) is 2. The lowest BCUT2D eigenvalue weighted by Gasteiger charge is -2.18. The monoisotopic (exact) mass is 233 g/mol. The van der Waals surface area contributed by atoms with Gasteiger partial charge in [0.15, 0.2) is 11.5 Å². The first kappa shape index (κ1) is 12.1. The molecule has 3 N–H and O–H groups in total. The van der Waals surface area contributed by atoms with Gasteiger partial charge in [-0.2, -0.15) is 0 Å². The van der Waals surface area contributed by atoms with Crippen molar-refractivity contribution in [3.05, 3.63) is 29.7 Å². The molecule has 0 aliphatic carbocycles. The third-order valence-corrected chi connectivity index (χ3v) is 2.88. The van der Waals surface area contributed by atoms with Crippen LogP contribution in [-0.4, -0.2) is 18.1 Å². The van der Waals surface area contributed by atoms with Crippen LogP contribution < -0.4 is 11.1 Å². The van der Waals surface area contributed by atoms with Gasteiger partial charge in [0.25, 0.3) is 0 Å². The average molecular weight is 233 g/mol. The summed E-state index contributed by atoms with van der Waals surface area (Å²) in [5.41, 5.74) is 8.78. The van der Waals surface area contributed by atoms with Crippen LogP contribution in [0, 0.1) is 6.92 Å². The standard InChI is InChI=1S/C13H19N3O/c1-8(14)6-12(15-3)10-4-5-11-13(7-10)17-9(2)16-11/h4-5,7-8,12,15H,6,14H2,1-3H3. The summed E-state index contributed by atoms with van der Waals surface area (Å²) < 4.78 is 5.54. The number of benzene rings is 1. The molecular formula is C13H19N3O. The van der Waals surface area contributed by atoms with E-state index >= 15 is 0 Å². The highest BCUT2D eigenvalue weighted by atomic mass is 16.3. The Labute approximate surface area is 101 Å². The summed E-state index contributed by atoms with van der Waals surface area (Å²) in [5, 5.41) is 3.28. The van der Waals surface area contributed by atoms with Crippen molar-refractivity contribution in [1.82, 2.24) is 10.3 Å². The molecular weight excluding hydrogens is 214 g/mol. The van der Waals surface area contributed by atoms with Gasteiger partial charge in [-0.15, -0.1) is 0 Å². The molecule has 4 heteroatoms. The molecule has 0 radical (unpaired) electrons. The van der Waals surface area contributed by atoms with Gasteiger partial charge in [0.05, 0.1) is 0 Å². The second-order valence-corrected chi connectivity index (χ2v) is 4.51. The van der Waals surface area contributed by atoms with E-state index in [-0.39, 0.29) is 12.1 Å². The van der Waals surface area contributed by atoms with Crippen molar-refractivity contribution in [2.24, 2.45) is 5.73 Å². The third-order valence-electron chi connectivity index (χ3n) is 2.88. The lowest BCUT2D eigenvalue weighted by atomic mass is 10.0. The van der Waals surface area contributed by atoms with E-state index in [1.807, 2.05) is 33.0 Å². The Morgan fingerprint density at radius 2 is 2.24 bits per heavy atom. The second-order valence-electron chi connectivity index (χ2n) is 4.51. The van der Waals surface area contributed by atoms with Crippen LogP contribution in [0.25, 0.3) is 11.1 Å². The van der Waals surface area contributed by atoms with Crippen LogP contribution >= 0.6 is 0 Å². The summed E-state index contributed by atoms with van der Waals surface area (Å²) in [6.07, 6.45) is 0.898. The molecule has 17 heavy (non-hydrogen) atoms. The molecule has 0 bridgehead atoms. The minimum Gasteiger partial charge on any atom is -0.441 e. The molecule has 0 spiro atoms. The van der Waals surface area contributed by atoms with Gasteiger partial charge in [0.2, 0.25) is 0 Å². The number of hydrogen-bond acceptors (Lipinski definition) is 4. The molecule has 2 atom stereocenters. The smallest absolute Gasteiger partial charge is 0.192 e. The van der Waals surface area contributed by atoms with E-state index in [2.05, 4.69) is 16.4 Å². The fourth-order valence-corrected chi connectivity index (χ4v) is 2.07.